The van der Waals surface area contributed by atoms with Gasteiger partial charge in [-0.25, -0.2) is 0 Å². The number of ketones is 1. The summed E-state index contributed by atoms with van der Waals surface area (Å²) in [5.41, 5.74) is 2.13. The number of hydrogen-bond donors (Lipinski definition) is 2. The largest absolute Gasteiger partial charge is 0.506 e. The number of furan rings is 1. The number of Topliss-reactive ketones (excluding diaryl/α,β-unsaturated/α-hetero) is 1. The third-order valence-electron chi connectivity index (χ3n) is 5.73. The van der Waals surface area contributed by atoms with E-state index in [-0.39, 0.29) is 22.8 Å². The van der Waals surface area contributed by atoms with E-state index in [0.717, 1.165) is 10.9 Å². The number of nitrogens with zero attached hydrogens (tertiary/aromatic N) is 1. The number of carbonyl (C=O) groups is 2. The molecule has 32 heavy (non-hydrogen) atoms. The van der Waals surface area contributed by atoms with Crippen LogP contribution in [0.2, 0.25) is 0 Å². The Morgan fingerprint density at radius 2 is 1.62 bits per heavy atom. The Balaban J connectivity index is 1.70. The van der Waals surface area contributed by atoms with Crippen molar-refractivity contribution >= 4 is 28.3 Å². The molecule has 1 unspecified atom stereocenters. The van der Waals surface area contributed by atoms with Gasteiger partial charge in [0.25, 0.3) is 5.91 Å². The van der Waals surface area contributed by atoms with E-state index in [1.165, 1.54) is 11.0 Å². The first-order valence-corrected chi connectivity index (χ1v) is 10.1. The van der Waals surface area contributed by atoms with Gasteiger partial charge in [0.1, 0.15) is 11.3 Å². The molecule has 6 nitrogen and oxygen atoms in total. The quantitative estimate of drug-likeness (QED) is 0.437. The summed E-state index contributed by atoms with van der Waals surface area (Å²) in [4.78, 5) is 28.0. The van der Waals surface area contributed by atoms with Crippen LogP contribution in [0, 0.1) is 6.92 Å². The van der Waals surface area contributed by atoms with Crippen LogP contribution < -0.4 is 4.90 Å². The molecule has 0 saturated carbocycles. The fourth-order valence-corrected chi connectivity index (χ4v) is 4.17. The van der Waals surface area contributed by atoms with Crippen LogP contribution in [0.25, 0.3) is 11.0 Å². The lowest BCUT2D eigenvalue weighted by atomic mass is 9.92. The Kier molecular flexibility index (Phi) is 4.56. The smallest absolute Gasteiger partial charge is 0.294 e. The minimum Gasteiger partial charge on any atom is -0.506 e. The first-order valence-electron chi connectivity index (χ1n) is 10.1. The van der Waals surface area contributed by atoms with Crippen molar-refractivity contribution in [2.24, 2.45) is 0 Å². The minimum absolute atomic E-state index is 0.0262. The zero-order chi connectivity index (χ0) is 22.4. The highest BCUT2D eigenvalue weighted by atomic mass is 16.3. The number of rotatable bonds is 4. The number of fused-ring (bicyclic) bond motifs is 1. The van der Waals surface area contributed by atoms with Gasteiger partial charge in [-0.1, -0.05) is 54.6 Å². The molecule has 0 bridgehead atoms. The molecule has 2 N–H and O–H groups in total. The maximum Gasteiger partial charge on any atom is 0.294 e. The van der Waals surface area contributed by atoms with Crippen LogP contribution in [0.15, 0.2) is 94.6 Å². The first-order chi connectivity index (χ1) is 15.5. The van der Waals surface area contributed by atoms with E-state index in [0.29, 0.717) is 11.1 Å². The summed E-state index contributed by atoms with van der Waals surface area (Å²) in [7, 11) is 0. The number of aliphatic hydroxyl groups excluding tert-OH is 1. The van der Waals surface area contributed by atoms with Crippen LogP contribution >= 0.6 is 0 Å². The Bertz CT molecular complexity index is 1380. The van der Waals surface area contributed by atoms with Gasteiger partial charge in [0.05, 0.1) is 17.3 Å². The SMILES string of the molecule is Cc1ccccc1C1C(C(=O)c2cc3ccccc3o2)=C(O)C(=O)N1c1ccccc1O. The first kappa shape index (κ1) is 19.6. The molecule has 0 fully saturated rings. The van der Waals surface area contributed by atoms with Gasteiger partial charge in [-0.3, -0.25) is 14.5 Å². The normalized spacial score (nSPS) is 16.2. The van der Waals surface area contributed by atoms with Crippen LogP contribution in [-0.4, -0.2) is 21.9 Å². The molecule has 6 heteroatoms. The van der Waals surface area contributed by atoms with Crippen molar-refractivity contribution in [3.63, 3.8) is 0 Å². The lowest BCUT2D eigenvalue weighted by Gasteiger charge is -2.28. The maximum atomic E-state index is 13.6. The molecule has 5 rings (SSSR count). The van der Waals surface area contributed by atoms with E-state index in [2.05, 4.69) is 0 Å². The van der Waals surface area contributed by atoms with Crippen molar-refractivity contribution in [2.45, 2.75) is 13.0 Å². The molecule has 1 aromatic heterocycles. The summed E-state index contributed by atoms with van der Waals surface area (Å²) in [6, 6.07) is 21.5. The lowest BCUT2D eigenvalue weighted by Crippen LogP contribution is -2.31. The number of anilines is 1. The Hall–Kier alpha value is -4.32. The van der Waals surface area contributed by atoms with Crippen molar-refractivity contribution < 1.29 is 24.2 Å². The topological polar surface area (TPSA) is 91.0 Å². The fourth-order valence-electron chi connectivity index (χ4n) is 4.17. The van der Waals surface area contributed by atoms with Crippen LogP contribution in [0.5, 0.6) is 5.75 Å². The number of benzene rings is 3. The number of para-hydroxylation sites is 3. The highest BCUT2D eigenvalue weighted by Gasteiger charge is 2.46. The third kappa shape index (κ3) is 2.96. The van der Waals surface area contributed by atoms with Gasteiger partial charge in [0.15, 0.2) is 11.5 Å². The van der Waals surface area contributed by atoms with Gasteiger partial charge in [-0.05, 0) is 42.3 Å². The minimum atomic E-state index is -0.933. The fraction of sp³-hybridized carbons (Fsp3) is 0.0769. The standard InChI is InChI=1S/C26H19NO5/c1-15-8-2-4-10-17(15)23-22(24(29)21-14-16-9-3-7-13-20(16)32-21)25(30)26(31)27(23)18-11-5-6-12-19(18)28/h2-14,23,28,30H,1H3. The van der Waals surface area contributed by atoms with Crippen molar-refractivity contribution in [1.29, 1.82) is 0 Å². The van der Waals surface area contributed by atoms with Crippen molar-refractivity contribution in [3.8, 4) is 5.75 Å². The van der Waals surface area contributed by atoms with E-state index in [1.54, 1.807) is 48.5 Å². The second kappa shape index (κ2) is 7.42. The second-order valence-corrected chi connectivity index (χ2v) is 7.66. The average Bonchev–Trinajstić information content (AvgIpc) is 3.34. The molecule has 4 aromatic rings. The number of phenolic OH excluding ortho intramolecular Hbond substituents is 1. The Morgan fingerprint density at radius 1 is 0.938 bits per heavy atom. The zero-order valence-corrected chi connectivity index (χ0v) is 17.1. The van der Waals surface area contributed by atoms with Gasteiger partial charge in [-0.2, -0.15) is 0 Å². The van der Waals surface area contributed by atoms with Crippen molar-refractivity contribution in [2.75, 3.05) is 4.90 Å². The molecule has 0 saturated heterocycles. The van der Waals surface area contributed by atoms with Crippen LogP contribution in [0.3, 0.4) is 0 Å². The number of aliphatic hydroxyl groups is 1. The summed E-state index contributed by atoms with van der Waals surface area (Å²) in [5.74, 6) is -2.12. The molecule has 1 aliphatic heterocycles. The van der Waals surface area contributed by atoms with Crippen LogP contribution in [0.1, 0.15) is 27.7 Å². The van der Waals surface area contributed by atoms with Gasteiger partial charge in [0.2, 0.25) is 5.78 Å². The number of amides is 1. The molecule has 0 radical (unpaired) electrons. The van der Waals surface area contributed by atoms with Gasteiger partial charge in [0, 0.05) is 5.39 Å². The van der Waals surface area contributed by atoms with E-state index in [9.17, 15) is 19.8 Å². The number of aromatic hydroxyl groups is 1. The molecule has 1 amide bonds. The number of hydrogen-bond acceptors (Lipinski definition) is 5. The van der Waals surface area contributed by atoms with Gasteiger partial charge >= 0.3 is 0 Å². The predicted octanol–water partition coefficient (Wildman–Crippen LogP) is 5.23. The number of phenols is 1. The molecule has 0 aliphatic carbocycles. The van der Waals surface area contributed by atoms with E-state index in [1.807, 2.05) is 31.2 Å². The average molecular weight is 425 g/mol. The molecule has 2 heterocycles. The summed E-state index contributed by atoms with van der Waals surface area (Å²) in [6.07, 6.45) is 0. The van der Waals surface area contributed by atoms with E-state index >= 15 is 0 Å². The summed E-state index contributed by atoms with van der Waals surface area (Å²) in [6.45, 7) is 1.86. The lowest BCUT2D eigenvalue weighted by molar-refractivity contribution is -0.117. The van der Waals surface area contributed by atoms with Crippen molar-refractivity contribution in [1.82, 2.24) is 0 Å². The van der Waals surface area contributed by atoms with Gasteiger partial charge in [-0.15, -0.1) is 0 Å². The summed E-state index contributed by atoms with van der Waals surface area (Å²) < 4.78 is 5.73. The Morgan fingerprint density at radius 3 is 2.38 bits per heavy atom. The summed E-state index contributed by atoms with van der Waals surface area (Å²) in [5, 5.41) is 22.0. The maximum absolute atomic E-state index is 13.6. The highest BCUT2D eigenvalue weighted by molar-refractivity contribution is 6.21. The highest BCUT2D eigenvalue weighted by Crippen LogP contribution is 2.45. The molecular weight excluding hydrogens is 406 g/mol. The second-order valence-electron chi connectivity index (χ2n) is 7.66. The van der Waals surface area contributed by atoms with Crippen molar-refractivity contribution in [3.05, 3.63) is 107 Å². The van der Waals surface area contributed by atoms with E-state index < -0.39 is 23.5 Å². The zero-order valence-electron chi connectivity index (χ0n) is 17.1. The van der Waals surface area contributed by atoms with E-state index in [4.69, 9.17) is 4.42 Å². The number of carbonyl (C=O) groups excluding carboxylic acids is 2. The molecule has 158 valence electrons. The van der Waals surface area contributed by atoms with Crippen LogP contribution in [0.4, 0.5) is 5.69 Å². The molecule has 1 atom stereocenters. The molecule has 1 aliphatic rings. The monoisotopic (exact) mass is 425 g/mol. The number of aryl methyl sites for hydroxylation is 1. The molecular formula is C26H19NO5. The Labute approximate surface area is 183 Å². The van der Waals surface area contributed by atoms with Crippen LogP contribution in [-0.2, 0) is 4.79 Å². The van der Waals surface area contributed by atoms with Gasteiger partial charge < -0.3 is 14.6 Å². The summed E-state index contributed by atoms with van der Waals surface area (Å²) >= 11 is 0. The molecule has 0 spiro atoms. The molecule has 3 aromatic carbocycles. The predicted molar refractivity (Wildman–Crippen MR) is 120 cm³/mol. The third-order valence-corrected chi connectivity index (χ3v) is 5.73.